The zero-order valence-corrected chi connectivity index (χ0v) is 9.97. The van der Waals surface area contributed by atoms with Crippen LogP contribution in [0.1, 0.15) is 24.2 Å². The summed E-state index contributed by atoms with van der Waals surface area (Å²) in [5.74, 6) is -0.254. The van der Waals surface area contributed by atoms with Gasteiger partial charge in [-0.1, -0.05) is 0 Å². The van der Waals surface area contributed by atoms with Crippen molar-refractivity contribution < 1.29 is 4.79 Å². The minimum Gasteiger partial charge on any atom is -0.359 e. The van der Waals surface area contributed by atoms with Gasteiger partial charge in [-0.05, 0) is 38.2 Å². The molecule has 0 unspecified atom stereocenters. The Bertz CT molecular complexity index is 366. The first-order valence-corrected chi connectivity index (χ1v) is 5.27. The summed E-state index contributed by atoms with van der Waals surface area (Å²) in [4.78, 5) is 15.4. The van der Waals surface area contributed by atoms with E-state index in [1.54, 1.807) is 24.5 Å². The SMILES string of the molecule is CC(C)NC(=S)NNC(=O)c1ccncc1. The number of nitrogens with zero attached hydrogens (tertiary/aromatic N) is 1. The van der Waals surface area contributed by atoms with E-state index in [1.165, 1.54) is 0 Å². The van der Waals surface area contributed by atoms with Crippen LogP contribution in [0.2, 0.25) is 0 Å². The maximum atomic E-state index is 11.5. The Morgan fingerprint density at radius 3 is 2.50 bits per heavy atom. The van der Waals surface area contributed by atoms with E-state index in [0.29, 0.717) is 10.7 Å². The van der Waals surface area contributed by atoms with E-state index >= 15 is 0 Å². The Morgan fingerprint density at radius 1 is 1.31 bits per heavy atom. The molecule has 0 aliphatic heterocycles. The summed E-state index contributed by atoms with van der Waals surface area (Å²) in [5.41, 5.74) is 5.62. The van der Waals surface area contributed by atoms with E-state index in [1.807, 2.05) is 13.8 Å². The molecule has 5 nitrogen and oxygen atoms in total. The molecule has 6 heteroatoms. The van der Waals surface area contributed by atoms with Crippen LogP contribution in [0.4, 0.5) is 0 Å². The van der Waals surface area contributed by atoms with Gasteiger partial charge in [0.15, 0.2) is 5.11 Å². The normalized spacial score (nSPS) is 9.69. The predicted molar refractivity (Wildman–Crippen MR) is 65.7 cm³/mol. The van der Waals surface area contributed by atoms with Crippen molar-refractivity contribution in [1.82, 2.24) is 21.2 Å². The molecular weight excluding hydrogens is 224 g/mol. The number of hydrogen-bond donors (Lipinski definition) is 3. The molecule has 0 bridgehead atoms. The van der Waals surface area contributed by atoms with Crippen molar-refractivity contribution in [2.24, 2.45) is 0 Å². The van der Waals surface area contributed by atoms with Crippen molar-refractivity contribution in [3.63, 3.8) is 0 Å². The molecule has 0 fully saturated rings. The molecule has 1 aromatic heterocycles. The van der Waals surface area contributed by atoms with Crippen LogP contribution in [0, 0.1) is 0 Å². The number of thiocarbonyl (C=S) groups is 1. The van der Waals surface area contributed by atoms with Gasteiger partial charge in [0.1, 0.15) is 0 Å². The first-order valence-electron chi connectivity index (χ1n) is 4.86. The summed E-state index contributed by atoms with van der Waals surface area (Å²) in [6.07, 6.45) is 3.11. The molecule has 0 radical (unpaired) electrons. The van der Waals surface area contributed by atoms with Gasteiger partial charge in [-0.15, -0.1) is 0 Å². The molecule has 0 aromatic carbocycles. The molecule has 1 heterocycles. The fourth-order valence-corrected chi connectivity index (χ4v) is 1.27. The van der Waals surface area contributed by atoms with E-state index in [9.17, 15) is 4.79 Å². The minimum atomic E-state index is -0.254. The van der Waals surface area contributed by atoms with Gasteiger partial charge in [-0.2, -0.15) is 0 Å². The Balaban J connectivity index is 2.39. The van der Waals surface area contributed by atoms with Crippen molar-refractivity contribution in [2.75, 3.05) is 0 Å². The number of nitrogens with one attached hydrogen (secondary N) is 3. The van der Waals surface area contributed by atoms with E-state index in [0.717, 1.165) is 0 Å². The average molecular weight is 238 g/mol. The average Bonchev–Trinajstić information content (AvgIpc) is 2.26. The van der Waals surface area contributed by atoms with Crippen molar-refractivity contribution in [1.29, 1.82) is 0 Å². The second-order valence-electron chi connectivity index (χ2n) is 3.44. The highest BCUT2D eigenvalue weighted by Crippen LogP contribution is 1.94. The minimum absolute atomic E-state index is 0.220. The molecular formula is C10H14N4OS. The number of hydrogen-bond acceptors (Lipinski definition) is 3. The molecule has 16 heavy (non-hydrogen) atoms. The van der Waals surface area contributed by atoms with Crippen LogP contribution in [-0.4, -0.2) is 22.0 Å². The molecule has 0 aliphatic rings. The third-order valence-corrected chi connectivity index (χ3v) is 1.87. The zero-order valence-electron chi connectivity index (χ0n) is 9.15. The monoisotopic (exact) mass is 238 g/mol. The van der Waals surface area contributed by atoms with Gasteiger partial charge in [0.05, 0.1) is 0 Å². The van der Waals surface area contributed by atoms with Crippen molar-refractivity contribution in [3.05, 3.63) is 30.1 Å². The maximum absolute atomic E-state index is 11.5. The van der Waals surface area contributed by atoms with E-state index in [-0.39, 0.29) is 11.9 Å². The van der Waals surface area contributed by atoms with E-state index < -0.39 is 0 Å². The van der Waals surface area contributed by atoms with Gasteiger partial charge < -0.3 is 5.32 Å². The third-order valence-electron chi connectivity index (χ3n) is 1.65. The van der Waals surface area contributed by atoms with Crippen LogP contribution in [0.15, 0.2) is 24.5 Å². The standard InChI is InChI=1S/C10H14N4OS/c1-7(2)12-10(16)14-13-9(15)8-3-5-11-6-4-8/h3-7H,1-2H3,(H,13,15)(H2,12,14,16). The van der Waals surface area contributed by atoms with Crippen LogP contribution in [0.3, 0.4) is 0 Å². The van der Waals surface area contributed by atoms with Crippen LogP contribution in [0.5, 0.6) is 0 Å². The summed E-state index contributed by atoms with van der Waals surface area (Å²) >= 11 is 4.95. The first kappa shape index (κ1) is 12.4. The van der Waals surface area contributed by atoms with Crippen LogP contribution in [0.25, 0.3) is 0 Å². The molecule has 1 rings (SSSR count). The van der Waals surface area contributed by atoms with Gasteiger partial charge in [-0.3, -0.25) is 20.6 Å². The maximum Gasteiger partial charge on any atom is 0.269 e. The molecule has 86 valence electrons. The van der Waals surface area contributed by atoms with Crippen LogP contribution >= 0.6 is 12.2 Å². The number of carbonyl (C=O) groups excluding carboxylic acids is 1. The molecule has 1 amide bonds. The highest BCUT2D eigenvalue weighted by Gasteiger charge is 2.04. The van der Waals surface area contributed by atoms with Gasteiger partial charge >= 0.3 is 0 Å². The number of amides is 1. The zero-order chi connectivity index (χ0) is 12.0. The number of hydrazine groups is 1. The lowest BCUT2D eigenvalue weighted by atomic mass is 10.3. The second-order valence-corrected chi connectivity index (χ2v) is 3.85. The van der Waals surface area contributed by atoms with Gasteiger partial charge in [0, 0.05) is 24.0 Å². The van der Waals surface area contributed by atoms with Crippen molar-refractivity contribution >= 4 is 23.2 Å². The van der Waals surface area contributed by atoms with E-state index in [2.05, 4.69) is 21.2 Å². The molecule has 0 atom stereocenters. The highest BCUT2D eigenvalue weighted by atomic mass is 32.1. The lowest BCUT2D eigenvalue weighted by molar-refractivity contribution is 0.0943. The molecule has 0 aliphatic carbocycles. The fraction of sp³-hybridized carbons (Fsp3) is 0.300. The number of carbonyl (C=O) groups is 1. The van der Waals surface area contributed by atoms with E-state index in [4.69, 9.17) is 12.2 Å². The number of rotatable bonds is 2. The lowest BCUT2D eigenvalue weighted by Gasteiger charge is -2.13. The number of pyridine rings is 1. The van der Waals surface area contributed by atoms with Crippen molar-refractivity contribution in [2.45, 2.75) is 19.9 Å². The first-order chi connectivity index (χ1) is 7.59. The second kappa shape index (κ2) is 6.02. The Morgan fingerprint density at radius 2 is 1.94 bits per heavy atom. The topological polar surface area (TPSA) is 66.0 Å². The molecule has 0 spiro atoms. The van der Waals surface area contributed by atoms with Gasteiger partial charge in [-0.25, -0.2) is 0 Å². The molecule has 3 N–H and O–H groups in total. The highest BCUT2D eigenvalue weighted by molar-refractivity contribution is 7.80. The number of aromatic nitrogens is 1. The summed E-state index contributed by atoms with van der Waals surface area (Å²) in [5, 5.41) is 3.33. The summed E-state index contributed by atoms with van der Waals surface area (Å²) in [7, 11) is 0. The Labute approximate surface area is 99.6 Å². The molecule has 1 aromatic rings. The summed E-state index contributed by atoms with van der Waals surface area (Å²) in [6, 6.07) is 3.46. The smallest absolute Gasteiger partial charge is 0.269 e. The Kier molecular flexibility index (Phi) is 4.65. The Hall–Kier alpha value is -1.69. The summed E-state index contributed by atoms with van der Waals surface area (Å²) < 4.78 is 0. The molecule has 0 saturated carbocycles. The quantitative estimate of drug-likeness (QED) is 0.520. The van der Waals surface area contributed by atoms with Crippen LogP contribution < -0.4 is 16.2 Å². The fourth-order valence-electron chi connectivity index (χ4n) is 0.987. The largest absolute Gasteiger partial charge is 0.359 e. The lowest BCUT2D eigenvalue weighted by Crippen LogP contribution is -2.48. The van der Waals surface area contributed by atoms with Crippen molar-refractivity contribution in [3.8, 4) is 0 Å². The van der Waals surface area contributed by atoms with Gasteiger partial charge in [0.25, 0.3) is 5.91 Å². The molecule has 0 saturated heterocycles. The van der Waals surface area contributed by atoms with Crippen LogP contribution in [-0.2, 0) is 0 Å². The van der Waals surface area contributed by atoms with Gasteiger partial charge in [0.2, 0.25) is 0 Å². The summed E-state index contributed by atoms with van der Waals surface area (Å²) in [6.45, 7) is 3.91. The third kappa shape index (κ3) is 4.22. The predicted octanol–water partition coefficient (Wildman–Crippen LogP) is 0.599.